The standard InChI is InChI=1S/C11H18N2O5S2/c1-8-10(5-9(6-12)18-8)20(16,17)13-11(2)3-4-19(14,15)7-11/h5,13H,3-4,6-7,12H2,1-2H3. The second-order valence-electron chi connectivity index (χ2n) is 5.35. The van der Waals surface area contributed by atoms with Crippen LogP contribution in [0.15, 0.2) is 15.4 Å². The molecule has 0 radical (unpaired) electrons. The highest BCUT2D eigenvalue weighted by atomic mass is 32.2. The molecule has 0 aromatic carbocycles. The first-order chi connectivity index (χ1) is 9.07. The Morgan fingerprint density at radius 1 is 1.50 bits per heavy atom. The second-order valence-corrected chi connectivity index (χ2v) is 9.18. The molecule has 7 nitrogen and oxygen atoms in total. The van der Waals surface area contributed by atoms with Crippen molar-refractivity contribution >= 4 is 19.9 Å². The highest BCUT2D eigenvalue weighted by molar-refractivity contribution is 7.92. The van der Waals surface area contributed by atoms with Gasteiger partial charge in [-0.3, -0.25) is 0 Å². The van der Waals surface area contributed by atoms with Crippen LogP contribution in [0, 0.1) is 6.92 Å². The molecule has 1 unspecified atom stereocenters. The average Bonchev–Trinajstić information content (AvgIpc) is 2.79. The molecule has 0 amide bonds. The van der Waals surface area contributed by atoms with E-state index in [9.17, 15) is 16.8 Å². The molecule has 3 N–H and O–H groups in total. The average molecular weight is 322 g/mol. The number of nitrogens with one attached hydrogen (secondary N) is 1. The Labute approximate surface area is 118 Å². The van der Waals surface area contributed by atoms with Gasteiger partial charge in [0.1, 0.15) is 16.4 Å². The molecular formula is C11H18N2O5S2. The van der Waals surface area contributed by atoms with Gasteiger partial charge in [0.15, 0.2) is 9.84 Å². The van der Waals surface area contributed by atoms with Gasteiger partial charge in [0.25, 0.3) is 0 Å². The molecule has 1 aromatic rings. The second kappa shape index (κ2) is 4.83. The van der Waals surface area contributed by atoms with Gasteiger partial charge >= 0.3 is 0 Å². The normalized spacial score (nSPS) is 25.9. The van der Waals surface area contributed by atoms with Crippen LogP contribution in [0.25, 0.3) is 0 Å². The van der Waals surface area contributed by atoms with E-state index in [2.05, 4.69) is 4.72 Å². The Bertz CT molecular complexity index is 720. The summed E-state index contributed by atoms with van der Waals surface area (Å²) < 4.78 is 55.4. The van der Waals surface area contributed by atoms with Crippen molar-refractivity contribution in [1.29, 1.82) is 0 Å². The summed E-state index contributed by atoms with van der Waals surface area (Å²) in [5.41, 5.74) is 4.43. The number of hydrogen-bond acceptors (Lipinski definition) is 6. The van der Waals surface area contributed by atoms with E-state index in [0.717, 1.165) is 0 Å². The predicted octanol–water partition coefficient (Wildman–Crippen LogP) is -0.0978. The van der Waals surface area contributed by atoms with Gasteiger partial charge in [0.2, 0.25) is 10.0 Å². The predicted molar refractivity (Wildman–Crippen MR) is 73.3 cm³/mol. The number of sulfone groups is 1. The molecule has 20 heavy (non-hydrogen) atoms. The maximum absolute atomic E-state index is 12.3. The largest absolute Gasteiger partial charge is 0.464 e. The van der Waals surface area contributed by atoms with Gasteiger partial charge in [-0.25, -0.2) is 21.6 Å². The van der Waals surface area contributed by atoms with Crippen LogP contribution in [-0.2, 0) is 26.4 Å². The van der Waals surface area contributed by atoms with Gasteiger partial charge in [0, 0.05) is 11.6 Å². The summed E-state index contributed by atoms with van der Waals surface area (Å²) in [6, 6.07) is 1.37. The first kappa shape index (κ1) is 15.5. The molecule has 0 saturated carbocycles. The van der Waals surface area contributed by atoms with Crippen molar-refractivity contribution in [3.8, 4) is 0 Å². The van der Waals surface area contributed by atoms with Crippen molar-refractivity contribution < 1.29 is 21.3 Å². The molecule has 1 aliphatic heterocycles. The maximum Gasteiger partial charge on any atom is 0.244 e. The number of aryl methyl sites for hydroxylation is 1. The van der Waals surface area contributed by atoms with Crippen molar-refractivity contribution in [1.82, 2.24) is 4.72 Å². The molecule has 1 aromatic heterocycles. The maximum atomic E-state index is 12.3. The zero-order valence-electron chi connectivity index (χ0n) is 11.3. The lowest BCUT2D eigenvalue weighted by Gasteiger charge is -2.23. The van der Waals surface area contributed by atoms with Crippen molar-refractivity contribution in [2.75, 3.05) is 11.5 Å². The van der Waals surface area contributed by atoms with E-state index in [-0.39, 0.29) is 35.1 Å². The molecule has 1 saturated heterocycles. The van der Waals surface area contributed by atoms with E-state index in [0.29, 0.717) is 5.76 Å². The molecule has 2 rings (SSSR count). The summed E-state index contributed by atoms with van der Waals surface area (Å²) >= 11 is 0. The smallest absolute Gasteiger partial charge is 0.244 e. The molecule has 2 heterocycles. The quantitative estimate of drug-likeness (QED) is 0.799. The fraction of sp³-hybridized carbons (Fsp3) is 0.636. The third-order valence-corrected chi connectivity index (χ3v) is 6.95. The summed E-state index contributed by atoms with van der Waals surface area (Å²) in [7, 11) is -7.02. The molecule has 0 spiro atoms. The van der Waals surface area contributed by atoms with Crippen molar-refractivity contribution in [2.24, 2.45) is 5.73 Å². The Hall–Kier alpha value is -0.900. The first-order valence-corrected chi connectivity index (χ1v) is 9.41. The van der Waals surface area contributed by atoms with E-state index in [4.69, 9.17) is 10.2 Å². The lowest BCUT2D eigenvalue weighted by Crippen LogP contribution is -2.46. The molecule has 0 bridgehead atoms. The Morgan fingerprint density at radius 3 is 2.60 bits per heavy atom. The minimum absolute atomic E-state index is 0.00322. The van der Waals surface area contributed by atoms with Crippen LogP contribution in [0.4, 0.5) is 0 Å². The van der Waals surface area contributed by atoms with E-state index in [1.54, 1.807) is 6.92 Å². The first-order valence-electron chi connectivity index (χ1n) is 6.11. The lowest BCUT2D eigenvalue weighted by atomic mass is 10.0. The summed E-state index contributed by atoms with van der Waals surface area (Å²) in [4.78, 5) is 0.00322. The molecule has 114 valence electrons. The van der Waals surface area contributed by atoms with Gasteiger partial charge < -0.3 is 10.2 Å². The van der Waals surface area contributed by atoms with Crippen LogP contribution in [0.5, 0.6) is 0 Å². The SMILES string of the molecule is Cc1oc(CN)cc1S(=O)(=O)NC1(C)CCS(=O)(=O)C1. The van der Waals surface area contributed by atoms with Crippen LogP contribution in [-0.4, -0.2) is 33.9 Å². The fourth-order valence-electron chi connectivity index (χ4n) is 2.36. The summed E-state index contributed by atoms with van der Waals surface area (Å²) in [6.07, 6.45) is 0.259. The molecule has 1 aliphatic rings. The number of furan rings is 1. The third kappa shape index (κ3) is 3.05. The molecule has 0 aliphatic carbocycles. The highest BCUT2D eigenvalue weighted by Gasteiger charge is 2.42. The van der Waals surface area contributed by atoms with Crippen LogP contribution >= 0.6 is 0 Å². The minimum Gasteiger partial charge on any atom is -0.464 e. The van der Waals surface area contributed by atoms with Crippen LogP contribution in [0.1, 0.15) is 24.9 Å². The van der Waals surface area contributed by atoms with E-state index in [1.165, 1.54) is 13.0 Å². The molecule has 1 atom stereocenters. The number of sulfonamides is 1. The summed E-state index contributed by atoms with van der Waals surface area (Å²) in [5.74, 6) is 0.402. The minimum atomic E-state index is -3.84. The third-order valence-electron chi connectivity index (χ3n) is 3.30. The van der Waals surface area contributed by atoms with E-state index < -0.39 is 25.4 Å². The van der Waals surface area contributed by atoms with E-state index in [1.807, 2.05) is 0 Å². The Morgan fingerprint density at radius 2 is 2.15 bits per heavy atom. The highest BCUT2D eigenvalue weighted by Crippen LogP contribution is 2.27. The van der Waals surface area contributed by atoms with Gasteiger partial charge in [0.05, 0.1) is 18.1 Å². The van der Waals surface area contributed by atoms with Crippen LogP contribution in [0.3, 0.4) is 0 Å². The number of nitrogens with two attached hydrogens (primary N) is 1. The number of hydrogen-bond donors (Lipinski definition) is 2. The molecular weight excluding hydrogens is 304 g/mol. The van der Waals surface area contributed by atoms with E-state index >= 15 is 0 Å². The van der Waals surface area contributed by atoms with Crippen LogP contribution < -0.4 is 10.5 Å². The topological polar surface area (TPSA) is 119 Å². The molecule has 1 fully saturated rings. The van der Waals surface area contributed by atoms with Gasteiger partial charge in [-0.05, 0) is 20.3 Å². The Kier molecular flexibility index (Phi) is 3.74. The zero-order valence-corrected chi connectivity index (χ0v) is 13.0. The van der Waals surface area contributed by atoms with Gasteiger partial charge in [-0.15, -0.1) is 0 Å². The van der Waals surface area contributed by atoms with Crippen molar-refractivity contribution in [3.63, 3.8) is 0 Å². The van der Waals surface area contributed by atoms with Gasteiger partial charge in [-0.1, -0.05) is 0 Å². The van der Waals surface area contributed by atoms with Crippen LogP contribution in [0.2, 0.25) is 0 Å². The van der Waals surface area contributed by atoms with Crippen molar-refractivity contribution in [2.45, 2.75) is 37.2 Å². The number of rotatable bonds is 4. The van der Waals surface area contributed by atoms with Crippen molar-refractivity contribution in [3.05, 3.63) is 17.6 Å². The molecule has 9 heteroatoms. The fourth-order valence-corrected chi connectivity index (χ4v) is 6.19. The summed E-state index contributed by atoms with van der Waals surface area (Å²) in [5, 5.41) is 0. The monoisotopic (exact) mass is 322 g/mol. The summed E-state index contributed by atoms with van der Waals surface area (Å²) in [6.45, 7) is 3.22. The Balaban J connectivity index is 2.30. The lowest BCUT2D eigenvalue weighted by molar-refractivity contribution is 0.457. The van der Waals surface area contributed by atoms with Gasteiger partial charge in [-0.2, -0.15) is 0 Å². The zero-order chi connectivity index (χ0) is 15.2.